The maximum Gasteiger partial charge on any atom is 0.246 e. The normalized spacial score (nSPS) is 19.1. The zero-order valence-electron chi connectivity index (χ0n) is 8.17. The first kappa shape index (κ1) is 10.3. The van der Waals surface area contributed by atoms with Crippen LogP contribution in [0.15, 0.2) is 12.1 Å². The van der Waals surface area contributed by atoms with Crippen LogP contribution in [0.25, 0.3) is 0 Å². The Morgan fingerprint density at radius 3 is 2.93 bits per heavy atom. The maximum atomic E-state index is 11.4. The van der Waals surface area contributed by atoms with Crippen LogP contribution in [0.1, 0.15) is 12.5 Å². The van der Waals surface area contributed by atoms with Crippen molar-refractivity contribution in [2.45, 2.75) is 19.6 Å². The van der Waals surface area contributed by atoms with E-state index in [1.165, 1.54) is 0 Å². The minimum absolute atomic E-state index is 0.0988. The van der Waals surface area contributed by atoms with Crippen molar-refractivity contribution in [2.24, 2.45) is 0 Å². The Kier molecular flexibility index (Phi) is 2.54. The number of benzene rings is 1. The summed E-state index contributed by atoms with van der Waals surface area (Å²) in [4.78, 5) is 11.4. The number of nitrogens with one attached hydrogen (secondary N) is 2. The molecule has 0 aromatic heterocycles. The van der Waals surface area contributed by atoms with Crippen molar-refractivity contribution in [3.05, 3.63) is 22.7 Å². The minimum Gasteiger partial charge on any atom is -0.392 e. The van der Waals surface area contributed by atoms with Gasteiger partial charge in [-0.05, 0) is 24.6 Å². The molecule has 1 unspecified atom stereocenters. The van der Waals surface area contributed by atoms with E-state index in [0.717, 1.165) is 0 Å². The van der Waals surface area contributed by atoms with Crippen LogP contribution in [0.4, 0.5) is 11.4 Å². The zero-order valence-corrected chi connectivity index (χ0v) is 8.93. The van der Waals surface area contributed by atoms with Crippen LogP contribution in [0.3, 0.4) is 0 Å². The van der Waals surface area contributed by atoms with E-state index < -0.39 is 0 Å². The quantitative estimate of drug-likeness (QED) is 0.682. The third-order valence-electron chi connectivity index (χ3n) is 2.34. The average molecular weight is 227 g/mol. The number of fused-ring (bicyclic) bond motifs is 1. The molecule has 1 amide bonds. The molecule has 5 heteroatoms. The zero-order chi connectivity index (χ0) is 11.0. The van der Waals surface area contributed by atoms with Crippen LogP contribution in [-0.2, 0) is 11.4 Å². The first-order valence-electron chi connectivity index (χ1n) is 4.62. The van der Waals surface area contributed by atoms with Gasteiger partial charge in [0.15, 0.2) is 0 Å². The number of halogens is 1. The molecule has 80 valence electrons. The average Bonchev–Trinajstić information content (AvgIpc) is 2.21. The monoisotopic (exact) mass is 226 g/mol. The second kappa shape index (κ2) is 3.72. The Hall–Kier alpha value is -1.26. The Bertz CT molecular complexity index is 420. The molecule has 2 rings (SSSR count). The number of hydrogen-bond acceptors (Lipinski definition) is 3. The van der Waals surface area contributed by atoms with Crippen LogP contribution in [0, 0.1) is 0 Å². The first-order chi connectivity index (χ1) is 7.11. The van der Waals surface area contributed by atoms with Gasteiger partial charge in [0.25, 0.3) is 0 Å². The summed E-state index contributed by atoms with van der Waals surface area (Å²) in [5.41, 5.74) is 2.01. The third-order valence-corrected chi connectivity index (χ3v) is 2.64. The summed E-state index contributed by atoms with van der Waals surface area (Å²) >= 11 is 6.01. The molecule has 0 aliphatic carbocycles. The Balaban J connectivity index is 2.48. The van der Waals surface area contributed by atoms with E-state index in [1.54, 1.807) is 19.1 Å². The molecule has 15 heavy (non-hydrogen) atoms. The van der Waals surface area contributed by atoms with E-state index in [2.05, 4.69) is 10.6 Å². The smallest absolute Gasteiger partial charge is 0.246 e. The van der Waals surface area contributed by atoms with Gasteiger partial charge in [-0.25, -0.2) is 0 Å². The van der Waals surface area contributed by atoms with Crippen molar-refractivity contribution in [2.75, 3.05) is 10.6 Å². The molecular formula is C10H11ClN2O2. The predicted octanol–water partition coefficient (Wildman–Crippen LogP) is 1.58. The molecule has 4 nitrogen and oxygen atoms in total. The molecule has 1 aliphatic rings. The van der Waals surface area contributed by atoms with Gasteiger partial charge in [0.05, 0.1) is 23.0 Å². The predicted molar refractivity (Wildman–Crippen MR) is 59.1 cm³/mol. The van der Waals surface area contributed by atoms with E-state index >= 15 is 0 Å². The SMILES string of the molecule is CC1Nc2c(Cl)cc(CO)cc2NC1=O. The second-order valence-electron chi connectivity index (χ2n) is 3.51. The largest absolute Gasteiger partial charge is 0.392 e. The fraction of sp³-hybridized carbons (Fsp3) is 0.300. The number of aliphatic hydroxyl groups is 1. The summed E-state index contributed by atoms with van der Waals surface area (Å²) in [6, 6.07) is 3.09. The van der Waals surface area contributed by atoms with Gasteiger partial charge < -0.3 is 15.7 Å². The molecule has 0 radical (unpaired) electrons. The van der Waals surface area contributed by atoms with Crippen LogP contribution in [-0.4, -0.2) is 17.1 Å². The van der Waals surface area contributed by atoms with Crippen molar-refractivity contribution < 1.29 is 9.90 Å². The highest BCUT2D eigenvalue weighted by Gasteiger charge is 2.23. The lowest BCUT2D eigenvalue weighted by Crippen LogP contribution is -2.36. The summed E-state index contributed by atoms with van der Waals surface area (Å²) in [7, 11) is 0. The van der Waals surface area contributed by atoms with Gasteiger partial charge in [0.1, 0.15) is 6.04 Å². The van der Waals surface area contributed by atoms with Gasteiger partial charge in [-0.15, -0.1) is 0 Å². The van der Waals surface area contributed by atoms with E-state index in [-0.39, 0.29) is 18.6 Å². The highest BCUT2D eigenvalue weighted by Crippen LogP contribution is 2.35. The highest BCUT2D eigenvalue weighted by molar-refractivity contribution is 6.34. The molecule has 1 aromatic carbocycles. The minimum atomic E-state index is -0.296. The van der Waals surface area contributed by atoms with E-state index in [9.17, 15) is 4.79 Å². The number of hydrogen-bond donors (Lipinski definition) is 3. The molecule has 0 fully saturated rings. The van der Waals surface area contributed by atoms with Crippen LogP contribution < -0.4 is 10.6 Å². The van der Waals surface area contributed by atoms with Gasteiger partial charge in [-0.2, -0.15) is 0 Å². The van der Waals surface area contributed by atoms with Gasteiger partial charge >= 0.3 is 0 Å². The fourth-order valence-electron chi connectivity index (χ4n) is 1.52. The van der Waals surface area contributed by atoms with Gasteiger partial charge in [0, 0.05) is 0 Å². The van der Waals surface area contributed by atoms with E-state index in [0.29, 0.717) is 22.0 Å². The Morgan fingerprint density at radius 1 is 1.53 bits per heavy atom. The lowest BCUT2D eigenvalue weighted by atomic mass is 10.1. The molecule has 3 N–H and O–H groups in total. The van der Waals surface area contributed by atoms with Crippen LogP contribution in [0.2, 0.25) is 5.02 Å². The molecule has 0 saturated heterocycles. The second-order valence-corrected chi connectivity index (χ2v) is 3.92. The Labute approximate surface area is 92.2 Å². The van der Waals surface area contributed by atoms with E-state index in [1.807, 2.05) is 0 Å². The standard InChI is InChI=1S/C10H11ClN2O2/c1-5-10(15)13-8-3-6(4-14)2-7(11)9(8)12-5/h2-3,5,12,14H,4H2,1H3,(H,13,15). The molecular weight excluding hydrogens is 216 g/mol. The molecule has 1 aliphatic heterocycles. The number of aliphatic hydroxyl groups excluding tert-OH is 1. The summed E-state index contributed by atoms with van der Waals surface area (Å²) in [6.45, 7) is 1.66. The van der Waals surface area contributed by atoms with Crippen molar-refractivity contribution >= 4 is 28.9 Å². The number of carbonyl (C=O) groups excluding carboxylic acids is 1. The number of rotatable bonds is 1. The number of amides is 1. The molecule has 0 saturated carbocycles. The Morgan fingerprint density at radius 2 is 2.27 bits per heavy atom. The highest BCUT2D eigenvalue weighted by atomic mass is 35.5. The molecule has 1 heterocycles. The lowest BCUT2D eigenvalue weighted by molar-refractivity contribution is -0.116. The van der Waals surface area contributed by atoms with Crippen molar-refractivity contribution in [3.8, 4) is 0 Å². The van der Waals surface area contributed by atoms with Crippen molar-refractivity contribution in [1.29, 1.82) is 0 Å². The first-order valence-corrected chi connectivity index (χ1v) is 5.00. The van der Waals surface area contributed by atoms with Gasteiger partial charge in [0.2, 0.25) is 5.91 Å². The lowest BCUT2D eigenvalue weighted by Gasteiger charge is -2.25. The third kappa shape index (κ3) is 1.78. The van der Waals surface area contributed by atoms with Crippen LogP contribution >= 0.6 is 11.6 Å². The van der Waals surface area contributed by atoms with Crippen molar-refractivity contribution in [1.82, 2.24) is 0 Å². The number of anilines is 2. The molecule has 0 bridgehead atoms. The molecule has 0 spiro atoms. The number of carbonyl (C=O) groups is 1. The fourth-order valence-corrected chi connectivity index (χ4v) is 1.82. The van der Waals surface area contributed by atoms with Crippen LogP contribution in [0.5, 0.6) is 0 Å². The maximum absolute atomic E-state index is 11.4. The summed E-state index contributed by atoms with van der Waals surface area (Å²) in [5.74, 6) is -0.103. The van der Waals surface area contributed by atoms with Gasteiger partial charge in [-0.1, -0.05) is 11.6 Å². The summed E-state index contributed by atoms with van der Waals surface area (Å²) in [5, 5.41) is 15.2. The topological polar surface area (TPSA) is 61.4 Å². The summed E-state index contributed by atoms with van der Waals surface area (Å²) < 4.78 is 0. The molecule has 1 atom stereocenters. The van der Waals surface area contributed by atoms with Crippen molar-refractivity contribution in [3.63, 3.8) is 0 Å². The van der Waals surface area contributed by atoms with E-state index in [4.69, 9.17) is 16.7 Å². The van der Waals surface area contributed by atoms with Gasteiger partial charge in [-0.3, -0.25) is 4.79 Å². The summed E-state index contributed by atoms with van der Waals surface area (Å²) in [6.07, 6.45) is 0. The molecule has 1 aromatic rings.